The number of hydrogen-bond acceptors (Lipinski definition) is 5. The Labute approximate surface area is 160 Å². The maximum atomic E-state index is 11.9. The molecule has 4 aliphatic carbocycles. The molecule has 0 aromatic rings. The topological polar surface area (TPSA) is 98.0 Å². The summed E-state index contributed by atoms with van der Waals surface area (Å²) in [7, 11) is 0. The Balaban J connectivity index is 1.83. The quantitative estimate of drug-likeness (QED) is 0.587. The van der Waals surface area contributed by atoms with Crippen molar-refractivity contribution in [3.63, 3.8) is 0 Å². The summed E-state index contributed by atoms with van der Waals surface area (Å²) in [6.07, 6.45) is 6.99. The van der Waals surface area contributed by atoms with Crippen LogP contribution in [0, 0.1) is 28.6 Å². The van der Waals surface area contributed by atoms with Crippen LogP contribution in [0.4, 0.5) is 0 Å². The molecule has 2 saturated carbocycles. The van der Waals surface area contributed by atoms with Gasteiger partial charge in [-0.3, -0.25) is 4.79 Å². The number of allylic oxidation sites excluding steroid dienone is 6. The van der Waals surface area contributed by atoms with E-state index in [9.17, 15) is 25.2 Å². The third kappa shape index (κ3) is 2.29. The van der Waals surface area contributed by atoms with Gasteiger partial charge in [-0.15, -0.1) is 0 Å². The summed E-state index contributed by atoms with van der Waals surface area (Å²) in [5.74, 6) is 0.0312. The number of carbonyl (C=O) groups excluding carboxylic acids is 1. The molecular weight excluding hydrogens is 344 g/mol. The molecule has 0 saturated heterocycles. The molecule has 0 aliphatic heterocycles. The van der Waals surface area contributed by atoms with E-state index in [1.807, 2.05) is 19.9 Å². The Hall–Kier alpha value is -1.27. The average Bonchev–Trinajstić information content (AvgIpc) is 2.87. The predicted octanol–water partition coefficient (Wildman–Crippen LogP) is 1.52. The lowest BCUT2D eigenvalue weighted by Gasteiger charge is -2.59. The summed E-state index contributed by atoms with van der Waals surface area (Å²) in [4.78, 5) is 11.9. The van der Waals surface area contributed by atoms with Crippen LogP contribution in [0.1, 0.15) is 40.0 Å². The van der Waals surface area contributed by atoms with Crippen molar-refractivity contribution in [1.29, 1.82) is 0 Å². The Bertz CT molecular complexity index is 767. The second-order valence-corrected chi connectivity index (χ2v) is 9.49. The molecule has 4 aliphatic rings. The average molecular weight is 374 g/mol. The van der Waals surface area contributed by atoms with Crippen LogP contribution in [-0.2, 0) is 4.79 Å². The molecule has 4 rings (SSSR count). The van der Waals surface area contributed by atoms with Crippen LogP contribution < -0.4 is 0 Å². The largest absolute Gasteiger partial charge is 0.394 e. The van der Waals surface area contributed by atoms with Crippen LogP contribution in [0.3, 0.4) is 0 Å². The smallest absolute Gasteiger partial charge is 0.178 e. The van der Waals surface area contributed by atoms with Gasteiger partial charge in [-0.1, -0.05) is 31.6 Å². The maximum absolute atomic E-state index is 11.9. The minimum absolute atomic E-state index is 0.0230. The van der Waals surface area contributed by atoms with E-state index in [4.69, 9.17) is 0 Å². The molecule has 0 spiro atoms. The zero-order valence-electron chi connectivity index (χ0n) is 16.2. The fourth-order valence-electron chi connectivity index (χ4n) is 6.93. The molecule has 5 heteroatoms. The zero-order valence-corrected chi connectivity index (χ0v) is 16.2. The summed E-state index contributed by atoms with van der Waals surface area (Å²) in [5.41, 5.74) is -0.490. The first kappa shape index (κ1) is 19.1. The van der Waals surface area contributed by atoms with Crippen LogP contribution >= 0.6 is 0 Å². The van der Waals surface area contributed by atoms with Gasteiger partial charge in [0.1, 0.15) is 6.10 Å². The van der Waals surface area contributed by atoms with E-state index in [0.29, 0.717) is 12.8 Å². The van der Waals surface area contributed by atoms with Crippen molar-refractivity contribution in [3.8, 4) is 0 Å². The van der Waals surface area contributed by atoms with E-state index < -0.39 is 35.2 Å². The van der Waals surface area contributed by atoms with Crippen molar-refractivity contribution >= 4 is 5.78 Å². The monoisotopic (exact) mass is 374 g/mol. The summed E-state index contributed by atoms with van der Waals surface area (Å²) in [6.45, 7) is 5.55. The molecule has 0 heterocycles. The van der Waals surface area contributed by atoms with Gasteiger partial charge >= 0.3 is 0 Å². The summed E-state index contributed by atoms with van der Waals surface area (Å²) in [6, 6.07) is 0. The maximum Gasteiger partial charge on any atom is 0.178 e. The standard InChI is InChI=1S/C22H30O5/c1-12-8-14-15-5-7-22(27,18(26)11-23)21(15,3)10-17(25)19(14)20(2)6-4-13(24)9-16(12)20/h4,6,8-9,14-15,17-19,23,25-27H,5,7,10-11H2,1-3H3/t14-,15-,17-,18+,19+,20-,21-,22-/m0/s1. The molecule has 27 heavy (non-hydrogen) atoms. The Morgan fingerprint density at radius 1 is 1.33 bits per heavy atom. The van der Waals surface area contributed by atoms with Gasteiger partial charge in [0.2, 0.25) is 0 Å². The Kier molecular flexibility index (Phi) is 4.14. The van der Waals surface area contributed by atoms with Gasteiger partial charge in [0, 0.05) is 16.7 Å². The van der Waals surface area contributed by atoms with E-state index in [1.165, 1.54) is 0 Å². The molecule has 4 N–H and O–H groups in total. The minimum atomic E-state index is -1.41. The lowest BCUT2D eigenvalue weighted by Crippen LogP contribution is -2.62. The van der Waals surface area contributed by atoms with Crippen molar-refractivity contribution in [2.24, 2.45) is 28.6 Å². The Morgan fingerprint density at radius 3 is 2.70 bits per heavy atom. The fraction of sp³-hybridized carbons (Fsp3) is 0.682. The van der Waals surface area contributed by atoms with E-state index in [2.05, 4.69) is 13.0 Å². The lowest BCUT2D eigenvalue weighted by atomic mass is 9.47. The van der Waals surface area contributed by atoms with E-state index in [1.54, 1.807) is 12.2 Å². The first-order valence-electron chi connectivity index (χ1n) is 9.92. The molecule has 0 amide bonds. The van der Waals surface area contributed by atoms with Gasteiger partial charge < -0.3 is 20.4 Å². The lowest BCUT2D eigenvalue weighted by molar-refractivity contribution is -0.196. The highest BCUT2D eigenvalue weighted by atomic mass is 16.4. The number of aliphatic hydroxyl groups is 4. The number of carbonyl (C=O) groups is 1. The first-order chi connectivity index (χ1) is 12.6. The fourth-order valence-corrected chi connectivity index (χ4v) is 6.93. The molecule has 148 valence electrons. The molecule has 0 aromatic heterocycles. The van der Waals surface area contributed by atoms with Gasteiger partial charge in [0.05, 0.1) is 18.3 Å². The highest BCUT2D eigenvalue weighted by Crippen LogP contribution is 2.66. The highest BCUT2D eigenvalue weighted by Gasteiger charge is 2.67. The number of fused-ring (bicyclic) bond motifs is 5. The summed E-state index contributed by atoms with van der Waals surface area (Å²) >= 11 is 0. The second-order valence-electron chi connectivity index (χ2n) is 9.49. The minimum Gasteiger partial charge on any atom is -0.394 e. The molecule has 0 unspecified atom stereocenters. The number of rotatable bonds is 2. The van der Waals surface area contributed by atoms with Gasteiger partial charge in [0.25, 0.3) is 0 Å². The van der Waals surface area contributed by atoms with Crippen molar-refractivity contribution in [2.75, 3.05) is 6.61 Å². The Morgan fingerprint density at radius 2 is 2.04 bits per heavy atom. The molecule has 8 atom stereocenters. The highest BCUT2D eigenvalue weighted by molar-refractivity contribution is 6.01. The molecular formula is C22H30O5. The third-order valence-electron chi connectivity index (χ3n) is 8.32. The summed E-state index contributed by atoms with van der Waals surface area (Å²) in [5, 5.41) is 42.4. The normalized spacial score (nSPS) is 49.7. The van der Waals surface area contributed by atoms with Crippen LogP contribution in [0.2, 0.25) is 0 Å². The summed E-state index contributed by atoms with van der Waals surface area (Å²) < 4.78 is 0. The van der Waals surface area contributed by atoms with Crippen LogP contribution in [0.15, 0.2) is 35.5 Å². The first-order valence-corrected chi connectivity index (χ1v) is 9.92. The van der Waals surface area contributed by atoms with Crippen molar-refractivity contribution < 1.29 is 25.2 Å². The number of hydrogen-bond donors (Lipinski definition) is 4. The molecule has 2 fully saturated rings. The van der Waals surface area contributed by atoms with Crippen molar-refractivity contribution in [2.45, 2.75) is 57.8 Å². The zero-order chi connectivity index (χ0) is 19.8. The van der Waals surface area contributed by atoms with Gasteiger partial charge in [0.15, 0.2) is 5.78 Å². The van der Waals surface area contributed by atoms with E-state index in [-0.39, 0.29) is 23.5 Å². The van der Waals surface area contributed by atoms with Crippen LogP contribution in [0.25, 0.3) is 0 Å². The van der Waals surface area contributed by atoms with Gasteiger partial charge in [-0.05, 0) is 55.7 Å². The SMILES string of the molecule is CC1=C[C@@H]2[C@H]([C@@H](O)C[C@@]3(C)[C@H]2CC[C@]3(O)[C@H](O)CO)[C@@]2(C)C=CC(=O)C=C12. The van der Waals surface area contributed by atoms with Gasteiger partial charge in [-0.25, -0.2) is 0 Å². The van der Waals surface area contributed by atoms with E-state index >= 15 is 0 Å². The number of aliphatic hydroxyl groups excluding tert-OH is 3. The molecule has 0 radical (unpaired) electrons. The van der Waals surface area contributed by atoms with Crippen LogP contribution in [0.5, 0.6) is 0 Å². The van der Waals surface area contributed by atoms with Crippen LogP contribution in [-0.4, -0.2) is 50.6 Å². The van der Waals surface area contributed by atoms with Crippen molar-refractivity contribution in [1.82, 2.24) is 0 Å². The number of ketones is 1. The molecule has 5 nitrogen and oxygen atoms in total. The van der Waals surface area contributed by atoms with Gasteiger partial charge in [-0.2, -0.15) is 0 Å². The second kappa shape index (κ2) is 5.86. The van der Waals surface area contributed by atoms with E-state index in [0.717, 1.165) is 17.6 Å². The predicted molar refractivity (Wildman–Crippen MR) is 101 cm³/mol. The van der Waals surface area contributed by atoms with Crippen molar-refractivity contribution in [3.05, 3.63) is 35.5 Å². The molecule has 0 bridgehead atoms. The third-order valence-corrected chi connectivity index (χ3v) is 8.32. The molecule has 0 aromatic carbocycles.